The topological polar surface area (TPSA) is 103 Å². The number of fused-ring (bicyclic) bond motifs is 1. The molecule has 8 heteroatoms. The zero-order valence-electron chi connectivity index (χ0n) is 13.6. The molecule has 0 aromatic carbocycles. The van der Waals surface area contributed by atoms with Crippen molar-refractivity contribution in [2.75, 3.05) is 18.4 Å². The van der Waals surface area contributed by atoms with Gasteiger partial charge in [-0.3, -0.25) is 4.79 Å². The summed E-state index contributed by atoms with van der Waals surface area (Å²) in [4.78, 5) is 32.8. The van der Waals surface area contributed by atoms with Gasteiger partial charge in [-0.1, -0.05) is 0 Å². The number of carbonyl (C=O) groups excluding carboxylic acids is 1. The summed E-state index contributed by atoms with van der Waals surface area (Å²) < 4.78 is 0. The Labute approximate surface area is 144 Å². The summed E-state index contributed by atoms with van der Waals surface area (Å²) in [5, 5.41) is 4.42. The average molecular weight is 337 g/mol. The maximum absolute atomic E-state index is 12.4. The van der Waals surface area contributed by atoms with Gasteiger partial charge >= 0.3 is 0 Å². The number of nitrogens with one attached hydrogen (secondary N) is 3. The van der Waals surface area contributed by atoms with Crippen LogP contribution in [0.25, 0.3) is 17.1 Å². The summed E-state index contributed by atoms with van der Waals surface area (Å²) in [7, 11) is 0. The van der Waals surface area contributed by atoms with Crippen molar-refractivity contribution in [3.05, 3.63) is 42.9 Å². The van der Waals surface area contributed by atoms with Gasteiger partial charge in [-0.15, -0.1) is 0 Å². The van der Waals surface area contributed by atoms with E-state index in [1.165, 1.54) is 0 Å². The van der Waals surface area contributed by atoms with Crippen molar-refractivity contribution >= 4 is 28.8 Å². The largest absolute Gasteiger partial charge is 0.365 e. The molecule has 0 radical (unpaired) electrons. The Bertz CT molecular complexity index is 883. The van der Waals surface area contributed by atoms with Gasteiger partial charge in [-0.05, 0) is 25.0 Å². The highest BCUT2D eigenvalue weighted by atomic mass is 16.2. The van der Waals surface area contributed by atoms with E-state index in [0.717, 1.165) is 41.9 Å². The van der Waals surface area contributed by atoms with Crippen LogP contribution in [0.5, 0.6) is 0 Å². The maximum Gasteiger partial charge on any atom is 0.246 e. The molecule has 3 aromatic heterocycles. The standard InChI is InChI=1S/C17H19N7O/c25-15(4-3-12-8-18-10-20-12)24-7-1-2-13(9-24)23-17-14-5-6-19-16(14)21-11-22-17/h3-6,8,10-11,13H,1-2,7,9H2,(H,18,20)(H2,19,21,22,23)/b4-3+/t13-/m1/s1. The number of hydrogen-bond acceptors (Lipinski definition) is 5. The molecule has 0 aliphatic carbocycles. The van der Waals surface area contributed by atoms with Crippen LogP contribution in [0.3, 0.4) is 0 Å². The number of rotatable bonds is 4. The van der Waals surface area contributed by atoms with E-state index >= 15 is 0 Å². The fraction of sp³-hybridized carbons (Fsp3) is 0.294. The number of likely N-dealkylation sites (tertiary alicyclic amines) is 1. The number of H-pyrrole nitrogens is 2. The Kier molecular flexibility index (Phi) is 4.16. The van der Waals surface area contributed by atoms with Crippen LogP contribution in [0.15, 0.2) is 37.2 Å². The second-order valence-electron chi connectivity index (χ2n) is 6.07. The molecule has 1 atom stereocenters. The Balaban J connectivity index is 1.42. The lowest BCUT2D eigenvalue weighted by Gasteiger charge is -2.32. The molecule has 25 heavy (non-hydrogen) atoms. The third-order valence-corrected chi connectivity index (χ3v) is 4.35. The molecule has 0 unspecified atom stereocenters. The number of carbonyl (C=O) groups is 1. The van der Waals surface area contributed by atoms with Crippen molar-refractivity contribution in [2.24, 2.45) is 0 Å². The van der Waals surface area contributed by atoms with Crippen LogP contribution in [0.4, 0.5) is 5.82 Å². The molecule has 0 saturated carbocycles. The second-order valence-corrected chi connectivity index (χ2v) is 6.07. The van der Waals surface area contributed by atoms with E-state index in [9.17, 15) is 4.79 Å². The number of hydrogen-bond donors (Lipinski definition) is 3. The van der Waals surface area contributed by atoms with Crippen molar-refractivity contribution in [3.63, 3.8) is 0 Å². The molecule has 0 spiro atoms. The number of imidazole rings is 1. The zero-order valence-corrected chi connectivity index (χ0v) is 13.6. The van der Waals surface area contributed by atoms with Gasteiger partial charge in [0.25, 0.3) is 0 Å². The van der Waals surface area contributed by atoms with E-state index in [1.807, 2.05) is 17.2 Å². The minimum Gasteiger partial charge on any atom is -0.365 e. The normalized spacial score (nSPS) is 18.1. The van der Waals surface area contributed by atoms with Crippen molar-refractivity contribution in [2.45, 2.75) is 18.9 Å². The molecule has 3 aromatic rings. The van der Waals surface area contributed by atoms with Crippen molar-refractivity contribution < 1.29 is 4.79 Å². The highest BCUT2D eigenvalue weighted by Crippen LogP contribution is 2.21. The smallest absolute Gasteiger partial charge is 0.246 e. The molecule has 1 aliphatic heterocycles. The summed E-state index contributed by atoms with van der Waals surface area (Å²) in [6.07, 6.45) is 12.0. The second kappa shape index (κ2) is 6.76. The number of anilines is 1. The number of aromatic amines is 2. The first-order valence-electron chi connectivity index (χ1n) is 8.29. The van der Waals surface area contributed by atoms with Gasteiger partial charge in [0.15, 0.2) is 0 Å². The fourth-order valence-corrected chi connectivity index (χ4v) is 3.10. The molecular weight excluding hydrogens is 318 g/mol. The number of amides is 1. The monoisotopic (exact) mass is 337 g/mol. The third-order valence-electron chi connectivity index (χ3n) is 4.35. The van der Waals surface area contributed by atoms with Gasteiger partial charge in [0, 0.05) is 31.4 Å². The predicted molar refractivity (Wildman–Crippen MR) is 94.7 cm³/mol. The first kappa shape index (κ1) is 15.4. The molecule has 1 amide bonds. The predicted octanol–water partition coefficient (Wildman–Crippen LogP) is 1.80. The van der Waals surface area contributed by atoms with Crippen LogP contribution in [0.2, 0.25) is 0 Å². The molecule has 128 valence electrons. The highest BCUT2D eigenvalue weighted by Gasteiger charge is 2.23. The maximum atomic E-state index is 12.4. The lowest BCUT2D eigenvalue weighted by molar-refractivity contribution is -0.126. The van der Waals surface area contributed by atoms with Crippen LogP contribution >= 0.6 is 0 Å². The minimum absolute atomic E-state index is 0.00980. The highest BCUT2D eigenvalue weighted by molar-refractivity contribution is 5.91. The minimum atomic E-state index is 0.00980. The summed E-state index contributed by atoms with van der Waals surface area (Å²) in [6.45, 7) is 1.43. The number of piperidine rings is 1. The summed E-state index contributed by atoms with van der Waals surface area (Å²) in [5.74, 6) is 0.814. The van der Waals surface area contributed by atoms with E-state index in [4.69, 9.17) is 0 Å². The van der Waals surface area contributed by atoms with E-state index < -0.39 is 0 Å². The lowest BCUT2D eigenvalue weighted by atomic mass is 10.1. The Morgan fingerprint density at radius 1 is 1.36 bits per heavy atom. The lowest BCUT2D eigenvalue weighted by Crippen LogP contribution is -2.44. The molecule has 4 rings (SSSR count). The zero-order chi connectivity index (χ0) is 17.1. The molecular formula is C17H19N7O. The van der Waals surface area contributed by atoms with E-state index in [1.54, 1.807) is 31.0 Å². The van der Waals surface area contributed by atoms with Crippen molar-refractivity contribution in [1.29, 1.82) is 0 Å². The first-order valence-corrected chi connectivity index (χ1v) is 8.29. The van der Waals surface area contributed by atoms with Gasteiger partial charge < -0.3 is 20.2 Å². The van der Waals surface area contributed by atoms with Crippen LogP contribution in [-0.2, 0) is 4.79 Å². The Morgan fingerprint density at radius 2 is 2.32 bits per heavy atom. The third kappa shape index (κ3) is 3.37. The summed E-state index contributed by atoms with van der Waals surface area (Å²) >= 11 is 0. The molecule has 1 aliphatic rings. The molecule has 1 saturated heterocycles. The van der Waals surface area contributed by atoms with Crippen LogP contribution in [0.1, 0.15) is 18.5 Å². The number of nitrogens with zero attached hydrogens (tertiary/aromatic N) is 4. The average Bonchev–Trinajstić information content (AvgIpc) is 3.32. The van der Waals surface area contributed by atoms with E-state index in [2.05, 4.69) is 30.2 Å². The van der Waals surface area contributed by atoms with Crippen molar-refractivity contribution in [3.8, 4) is 0 Å². The quantitative estimate of drug-likeness (QED) is 0.630. The number of aromatic nitrogens is 5. The van der Waals surface area contributed by atoms with Gasteiger partial charge in [0.05, 0.1) is 23.6 Å². The first-order chi connectivity index (χ1) is 12.3. The Morgan fingerprint density at radius 3 is 3.20 bits per heavy atom. The molecule has 3 N–H and O–H groups in total. The van der Waals surface area contributed by atoms with E-state index in [0.29, 0.717) is 6.54 Å². The molecule has 1 fully saturated rings. The van der Waals surface area contributed by atoms with Gasteiger partial charge in [0.2, 0.25) is 5.91 Å². The van der Waals surface area contributed by atoms with Crippen LogP contribution < -0.4 is 5.32 Å². The van der Waals surface area contributed by atoms with Crippen molar-refractivity contribution in [1.82, 2.24) is 29.8 Å². The molecule has 8 nitrogen and oxygen atoms in total. The fourth-order valence-electron chi connectivity index (χ4n) is 3.10. The van der Waals surface area contributed by atoms with Gasteiger partial charge in [-0.2, -0.15) is 0 Å². The SMILES string of the molecule is O=C(/C=C/c1cnc[nH]1)N1CCC[C@@H](Nc2ncnc3[nH]ccc23)C1. The van der Waals surface area contributed by atoms with Crippen LogP contribution in [0, 0.1) is 0 Å². The molecule has 4 heterocycles. The van der Waals surface area contributed by atoms with Gasteiger partial charge in [0.1, 0.15) is 17.8 Å². The van der Waals surface area contributed by atoms with Crippen LogP contribution in [-0.4, -0.2) is 54.9 Å². The van der Waals surface area contributed by atoms with Gasteiger partial charge in [-0.25, -0.2) is 15.0 Å². The summed E-state index contributed by atoms with van der Waals surface area (Å²) in [5.41, 5.74) is 1.62. The Hall–Kier alpha value is -3.16. The summed E-state index contributed by atoms with van der Waals surface area (Å²) in [6, 6.07) is 2.13. The van der Waals surface area contributed by atoms with E-state index in [-0.39, 0.29) is 11.9 Å². The molecule has 0 bridgehead atoms.